The highest BCUT2D eigenvalue weighted by Gasteiger charge is 2.13. The topological polar surface area (TPSA) is 84.3 Å². The molecule has 0 bridgehead atoms. The molecular formula is C18H17N5O2. The Labute approximate surface area is 143 Å². The highest BCUT2D eigenvalue weighted by molar-refractivity contribution is 5.95. The summed E-state index contributed by atoms with van der Waals surface area (Å²) in [5, 5.41) is 11.9. The lowest BCUT2D eigenvalue weighted by molar-refractivity contribution is -0.115. The number of pyridine rings is 1. The number of nitrogens with zero attached hydrogens (tertiary/aromatic N) is 3. The van der Waals surface area contributed by atoms with Crippen LogP contribution in [0, 0.1) is 6.92 Å². The Morgan fingerprint density at radius 2 is 2.16 bits per heavy atom. The van der Waals surface area contributed by atoms with E-state index in [2.05, 4.69) is 20.5 Å². The Hall–Kier alpha value is -3.35. The molecule has 0 aliphatic heterocycles. The van der Waals surface area contributed by atoms with Gasteiger partial charge in [-0.1, -0.05) is 0 Å². The van der Waals surface area contributed by atoms with Gasteiger partial charge in [0.15, 0.2) is 5.65 Å². The summed E-state index contributed by atoms with van der Waals surface area (Å²) in [6.07, 6.45) is 3.92. The summed E-state index contributed by atoms with van der Waals surface area (Å²) in [4.78, 5) is 15.6. The summed E-state index contributed by atoms with van der Waals surface area (Å²) in [6.45, 7) is 1.98. The zero-order valence-corrected chi connectivity index (χ0v) is 13.9. The van der Waals surface area contributed by atoms with Crippen LogP contribution in [0.2, 0.25) is 0 Å². The molecule has 4 rings (SSSR count). The van der Waals surface area contributed by atoms with Gasteiger partial charge in [0.25, 0.3) is 0 Å². The lowest BCUT2D eigenvalue weighted by Gasteiger charge is -2.04. The Morgan fingerprint density at radius 1 is 1.28 bits per heavy atom. The van der Waals surface area contributed by atoms with Crippen LogP contribution in [-0.2, 0) is 11.2 Å². The summed E-state index contributed by atoms with van der Waals surface area (Å²) >= 11 is 0. The van der Waals surface area contributed by atoms with E-state index < -0.39 is 0 Å². The van der Waals surface area contributed by atoms with Gasteiger partial charge in [0.1, 0.15) is 5.75 Å². The Bertz CT molecular complexity index is 1080. The molecule has 0 fully saturated rings. The van der Waals surface area contributed by atoms with Crippen LogP contribution in [0.5, 0.6) is 5.75 Å². The number of benzene rings is 1. The van der Waals surface area contributed by atoms with Gasteiger partial charge in [0.05, 0.1) is 13.5 Å². The molecular weight excluding hydrogens is 318 g/mol. The van der Waals surface area contributed by atoms with Gasteiger partial charge in [-0.15, -0.1) is 10.2 Å². The largest absolute Gasteiger partial charge is 0.497 e. The number of anilines is 1. The molecule has 1 amide bonds. The summed E-state index contributed by atoms with van der Waals surface area (Å²) in [7, 11) is 1.62. The van der Waals surface area contributed by atoms with Gasteiger partial charge in [0, 0.05) is 23.3 Å². The van der Waals surface area contributed by atoms with E-state index in [4.69, 9.17) is 4.74 Å². The van der Waals surface area contributed by atoms with E-state index in [-0.39, 0.29) is 12.3 Å². The average Bonchev–Trinajstić information content (AvgIpc) is 3.18. The first-order valence-electron chi connectivity index (χ1n) is 7.89. The first kappa shape index (κ1) is 15.2. The minimum atomic E-state index is -0.154. The van der Waals surface area contributed by atoms with Crippen molar-refractivity contribution in [2.24, 2.45) is 0 Å². The molecule has 1 aromatic carbocycles. The van der Waals surface area contributed by atoms with Crippen molar-refractivity contribution in [2.45, 2.75) is 13.3 Å². The smallest absolute Gasteiger partial charge is 0.235 e. The number of carbonyl (C=O) groups excluding carboxylic acids is 1. The second kappa shape index (κ2) is 5.94. The van der Waals surface area contributed by atoms with E-state index in [1.807, 2.05) is 49.6 Å². The molecule has 0 saturated heterocycles. The molecule has 7 nitrogen and oxygen atoms in total. The van der Waals surface area contributed by atoms with Gasteiger partial charge in [0.2, 0.25) is 11.9 Å². The van der Waals surface area contributed by atoms with E-state index in [1.54, 1.807) is 11.5 Å². The summed E-state index contributed by atoms with van der Waals surface area (Å²) in [5.74, 6) is 1.02. The highest BCUT2D eigenvalue weighted by Crippen LogP contribution is 2.24. The van der Waals surface area contributed by atoms with E-state index in [0.717, 1.165) is 27.8 Å². The lowest BCUT2D eigenvalue weighted by atomic mass is 10.1. The van der Waals surface area contributed by atoms with Gasteiger partial charge in [-0.05, 0) is 48.4 Å². The number of nitrogens with one attached hydrogen (secondary N) is 2. The van der Waals surface area contributed by atoms with Crippen molar-refractivity contribution in [3.63, 3.8) is 0 Å². The number of fused-ring (bicyclic) bond motifs is 2. The van der Waals surface area contributed by atoms with E-state index in [9.17, 15) is 4.79 Å². The number of rotatable bonds is 4. The van der Waals surface area contributed by atoms with Crippen molar-refractivity contribution in [3.05, 3.63) is 53.9 Å². The normalized spacial score (nSPS) is 11.1. The minimum Gasteiger partial charge on any atom is -0.497 e. The summed E-state index contributed by atoms with van der Waals surface area (Å²) < 4.78 is 7.01. The predicted octanol–water partition coefficient (Wildman–Crippen LogP) is 2.71. The zero-order valence-electron chi connectivity index (χ0n) is 13.9. The molecule has 25 heavy (non-hydrogen) atoms. The number of amides is 1. The highest BCUT2D eigenvalue weighted by atomic mass is 16.5. The van der Waals surface area contributed by atoms with Crippen molar-refractivity contribution < 1.29 is 9.53 Å². The molecule has 0 atom stereocenters. The number of hydrogen-bond donors (Lipinski definition) is 2. The number of carbonyl (C=O) groups is 1. The van der Waals surface area contributed by atoms with E-state index in [0.29, 0.717) is 11.6 Å². The number of aryl methyl sites for hydroxylation is 1. The van der Waals surface area contributed by atoms with Gasteiger partial charge in [-0.3, -0.25) is 14.5 Å². The number of aromatic amines is 1. The fourth-order valence-electron chi connectivity index (χ4n) is 2.85. The zero-order chi connectivity index (χ0) is 17.4. The molecule has 0 spiro atoms. The van der Waals surface area contributed by atoms with Crippen molar-refractivity contribution in [1.29, 1.82) is 0 Å². The molecule has 0 unspecified atom stereocenters. The van der Waals surface area contributed by atoms with Crippen LogP contribution < -0.4 is 10.1 Å². The lowest BCUT2D eigenvalue weighted by Crippen LogP contribution is -2.16. The van der Waals surface area contributed by atoms with Crippen molar-refractivity contribution in [2.75, 3.05) is 12.4 Å². The molecule has 3 aromatic heterocycles. The van der Waals surface area contributed by atoms with E-state index in [1.165, 1.54) is 0 Å². The maximum Gasteiger partial charge on any atom is 0.235 e. The van der Waals surface area contributed by atoms with Gasteiger partial charge in [-0.25, -0.2) is 0 Å². The fourth-order valence-corrected chi connectivity index (χ4v) is 2.85. The molecule has 7 heteroatoms. The van der Waals surface area contributed by atoms with E-state index >= 15 is 0 Å². The molecule has 126 valence electrons. The van der Waals surface area contributed by atoms with Gasteiger partial charge < -0.3 is 9.72 Å². The molecule has 4 aromatic rings. The standard InChI is InChI=1S/C18H17N5O2/c1-11-5-6-23-16(7-11)21-22-18(23)20-17(24)8-12-10-19-15-4-3-13(25-2)9-14(12)15/h3-7,9-10,19H,8H2,1-2H3,(H,20,22,24). The molecule has 2 N–H and O–H groups in total. The van der Waals surface area contributed by atoms with Crippen molar-refractivity contribution in [1.82, 2.24) is 19.6 Å². The number of ether oxygens (including phenoxy) is 1. The van der Waals surface area contributed by atoms with Gasteiger partial charge in [-0.2, -0.15) is 0 Å². The number of H-pyrrole nitrogens is 1. The quantitative estimate of drug-likeness (QED) is 0.600. The maximum absolute atomic E-state index is 12.4. The van der Waals surface area contributed by atoms with Crippen LogP contribution >= 0.6 is 0 Å². The van der Waals surface area contributed by atoms with Crippen LogP contribution in [0.4, 0.5) is 5.95 Å². The maximum atomic E-state index is 12.4. The van der Waals surface area contributed by atoms with Crippen molar-refractivity contribution >= 4 is 28.4 Å². The van der Waals surface area contributed by atoms with Crippen molar-refractivity contribution in [3.8, 4) is 5.75 Å². The molecule has 0 aliphatic carbocycles. The second-order valence-electron chi connectivity index (χ2n) is 5.91. The van der Waals surface area contributed by atoms with Crippen LogP contribution in [0.3, 0.4) is 0 Å². The Morgan fingerprint density at radius 3 is 3.00 bits per heavy atom. The molecule has 0 saturated carbocycles. The molecule has 0 radical (unpaired) electrons. The van der Waals surface area contributed by atoms with Gasteiger partial charge >= 0.3 is 0 Å². The number of methoxy groups -OCH3 is 1. The Kier molecular flexibility index (Phi) is 3.61. The SMILES string of the molecule is COc1ccc2[nH]cc(CC(=O)Nc3nnc4cc(C)ccn34)c2c1. The average molecular weight is 335 g/mol. The molecule has 0 aliphatic rings. The third-order valence-corrected chi connectivity index (χ3v) is 4.14. The van der Waals surface area contributed by atoms with Crippen LogP contribution in [0.15, 0.2) is 42.7 Å². The number of aromatic nitrogens is 4. The third-order valence-electron chi connectivity index (χ3n) is 4.14. The predicted molar refractivity (Wildman–Crippen MR) is 94.9 cm³/mol. The third kappa shape index (κ3) is 2.80. The number of hydrogen-bond acceptors (Lipinski definition) is 4. The summed E-state index contributed by atoms with van der Waals surface area (Å²) in [6, 6.07) is 9.59. The minimum absolute atomic E-state index is 0.154. The molecule has 3 heterocycles. The first-order chi connectivity index (χ1) is 12.1. The Balaban J connectivity index is 1.57. The van der Waals surface area contributed by atoms with Crippen LogP contribution in [0.25, 0.3) is 16.6 Å². The fraction of sp³-hybridized carbons (Fsp3) is 0.167. The second-order valence-corrected chi connectivity index (χ2v) is 5.91. The summed E-state index contributed by atoms with van der Waals surface area (Å²) in [5.41, 5.74) is 3.65. The monoisotopic (exact) mass is 335 g/mol. The van der Waals surface area contributed by atoms with Crippen LogP contribution in [0.1, 0.15) is 11.1 Å². The first-order valence-corrected chi connectivity index (χ1v) is 7.89. The van der Waals surface area contributed by atoms with Crippen LogP contribution in [-0.4, -0.2) is 32.6 Å².